The second-order valence-corrected chi connectivity index (χ2v) is 6.46. The lowest BCUT2D eigenvalue weighted by Gasteiger charge is -2.11. The average Bonchev–Trinajstić information content (AvgIpc) is 2.72. The Balaban J connectivity index is 1.84. The lowest BCUT2D eigenvalue weighted by Crippen LogP contribution is -2.13. The summed E-state index contributed by atoms with van der Waals surface area (Å²) >= 11 is 3.67. The van der Waals surface area contributed by atoms with Gasteiger partial charge in [-0.15, -0.1) is 11.8 Å². The monoisotopic (exact) mass is 268 g/mol. The van der Waals surface area contributed by atoms with Crippen LogP contribution in [0.3, 0.4) is 0 Å². The summed E-state index contributed by atoms with van der Waals surface area (Å²) in [5.74, 6) is 2.51. The molecule has 0 spiro atoms. The number of hydrogen-bond acceptors (Lipinski definition) is 3. The molecule has 92 valence electrons. The van der Waals surface area contributed by atoms with Gasteiger partial charge in [-0.3, -0.25) is 4.79 Å². The number of carboxylic acid groups (broad SMARTS) is 1. The van der Waals surface area contributed by atoms with Crippen LogP contribution in [0.15, 0.2) is 29.2 Å². The van der Waals surface area contributed by atoms with Gasteiger partial charge in [0.2, 0.25) is 0 Å². The summed E-state index contributed by atoms with van der Waals surface area (Å²) in [7, 11) is 0. The minimum absolute atomic E-state index is 0.246. The molecule has 1 N–H and O–H groups in total. The maximum atomic E-state index is 10.7. The van der Waals surface area contributed by atoms with Crippen molar-refractivity contribution in [3.8, 4) is 0 Å². The third-order valence-corrected chi connectivity index (χ3v) is 5.53. The molecule has 0 radical (unpaired) electrons. The molecule has 0 bridgehead atoms. The molecule has 0 fully saturated rings. The molecule has 1 aromatic rings. The highest BCUT2D eigenvalue weighted by Crippen LogP contribution is 2.40. The minimum Gasteiger partial charge on any atom is -0.481 e. The molecule has 0 saturated heterocycles. The first-order valence-electron chi connectivity index (χ1n) is 5.70. The Bertz CT molecular complexity index is 406. The van der Waals surface area contributed by atoms with E-state index in [2.05, 4.69) is 24.3 Å². The number of fused-ring (bicyclic) bond motifs is 1. The Morgan fingerprint density at radius 1 is 1.59 bits per heavy atom. The molecule has 4 heteroatoms. The molecule has 0 saturated carbocycles. The highest BCUT2D eigenvalue weighted by atomic mass is 32.2. The van der Waals surface area contributed by atoms with Crippen molar-refractivity contribution < 1.29 is 9.90 Å². The Kier molecular flexibility index (Phi) is 4.40. The summed E-state index contributed by atoms with van der Waals surface area (Å²) in [6, 6.07) is 8.53. The zero-order valence-corrected chi connectivity index (χ0v) is 11.4. The summed E-state index contributed by atoms with van der Waals surface area (Å²) < 4.78 is 0. The van der Waals surface area contributed by atoms with Crippen LogP contribution in [0.5, 0.6) is 0 Å². The maximum absolute atomic E-state index is 10.7. The standard InChI is InChI=1S/C13H16O2S2/c1-9(13(14)15)6-16-7-10-8-17-12-5-3-2-4-11(10)12/h2-5,9-10H,6-8H2,1H3,(H,14,15). The minimum atomic E-state index is -0.696. The van der Waals surface area contributed by atoms with E-state index in [0.29, 0.717) is 11.7 Å². The summed E-state index contributed by atoms with van der Waals surface area (Å²) in [5.41, 5.74) is 1.44. The maximum Gasteiger partial charge on any atom is 0.307 e. The highest BCUT2D eigenvalue weighted by Gasteiger charge is 2.23. The van der Waals surface area contributed by atoms with Crippen LogP contribution in [0.25, 0.3) is 0 Å². The first kappa shape index (κ1) is 12.8. The van der Waals surface area contributed by atoms with Crippen molar-refractivity contribution in [2.45, 2.75) is 17.7 Å². The summed E-state index contributed by atoms with van der Waals surface area (Å²) in [5, 5.41) is 8.81. The van der Waals surface area contributed by atoms with E-state index in [1.165, 1.54) is 10.5 Å². The highest BCUT2D eigenvalue weighted by molar-refractivity contribution is 8.00. The van der Waals surface area contributed by atoms with Crippen LogP contribution in [0.1, 0.15) is 18.4 Å². The summed E-state index contributed by atoms with van der Waals surface area (Å²) in [4.78, 5) is 12.1. The van der Waals surface area contributed by atoms with Crippen LogP contribution in [-0.2, 0) is 4.79 Å². The van der Waals surface area contributed by atoms with Crippen molar-refractivity contribution in [3.63, 3.8) is 0 Å². The predicted octanol–water partition coefficient (Wildman–Crippen LogP) is 3.33. The fourth-order valence-corrected chi connectivity index (χ4v) is 4.44. The van der Waals surface area contributed by atoms with Crippen molar-refractivity contribution >= 4 is 29.5 Å². The molecule has 2 rings (SSSR count). The number of carboxylic acids is 1. The van der Waals surface area contributed by atoms with Gasteiger partial charge >= 0.3 is 5.97 Å². The van der Waals surface area contributed by atoms with Crippen molar-refractivity contribution in [2.24, 2.45) is 5.92 Å². The third kappa shape index (κ3) is 3.19. The van der Waals surface area contributed by atoms with E-state index in [4.69, 9.17) is 5.11 Å². The van der Waals surface area contributed by atoms with E-state index in [1.54, 1.807) is 18.7 Å². The van der Waals surface area contributed by atoms with E-state index >= 15 is 0 Å². The molecule has 1 aromatic carbocycles. The normalized spacial score (nSPS) is 19.9. The van der Waals surface area contributed by atoms with Crippen molar-refractivity contribution in [1.29, 1.82) is 0 Å². The number of carbonyl (C=O) groups is 1. The van der Waals surface area contributed by atoms with Crippen LogP contribution in [0.2, 0.25) is 0 Å². The van der Waals surface area contributed by atoms with Gasteiger partial charge in [-0.25, -0.2) is 0 Å². The van der Waals surface area contributed by atoms with Gasteiger partial charge < -0.3 is 5.11 Å². The molecule has 0 amide bonds. The Morgan fingerprint density at radius 2 is 2.35 bits per heavy atom. The summed E-state index contributed by atoms with van der Waals surface area (Å²) in [6.07, 6.45) is 0. The molecule has 2 nitrogen and oxygen atoms in total. The smallest absolute Gasteiger partial charge is 0.307 e. The van der Waals surface area contributed by atoms with Crippen LogP contribution in [0, 0.1) is 5.92 Å². The molecule has 2 atom stereocenters. The fraction of sp³-hybridized carbons (Fsp3) is 0.462. The third-order valence-electron chi connectivity index (χ3n) is 2.91. The first-order valence-corrected chi connectivity index (χ1v) is 7.84. The Labute approximate surface area is 110 Å². The zero-order valence-electron chi connectivity index (χ0n) is 9.76. The summed E-state index contributed by atoms with van der Waals surface area (Å²) in [6.45, 7) is 1.77. The fourth-order valence-electron chi connectivity index (χ4n) is 1.83. The number of aliphatic carboxylic acids is 1. The predicted molar refractivity (Wildman–Crippen MR) is 74.0 cm³/mol. The van der Waals surface area contributed by atoms with Gasteiger partial charge in [0.05, 0.1) is 5.92 Å². The van der Waals surface area contributed by atoms with Gasteiger partial charge in [-0.05, 0) is 11.6 Å². The molecule has 1 aliphatic heterocycles. The van der Waals surface area contributed by atoms with Crippen molar-refractivity contribution in [2.75, 3.05) is 17.3 Å². The second-order valence-electron chi connectivity index (χ2n) is 4.32. The van der Waals surface area contributed by atoms with Gasteiger partial charge in [-0.1, -0.05) is 25.1 Å². The lowest BCUT2D eigenvalue weighted by molar-refractivity contribution is -0.140. The molecular formula is C13H16O2S2. The van der Waals surface area contributed by atoms with E-state index in [9.17, 15) is 4.79 Å². The molecule has 1 aliphatic rings. The molecule has 17 heavy (non-hydrogen) atoms. The number of rotatable bonds is 5. The molecular weight excluding hydrogens is 252 g/mol. The SMILES string of the molecule is CC(CSCC1CSc2ccccc21)C(=O)O. The van der Waals surface area contributed by atoms with Crippen molar-refractivity contribution in [1.82, 2.24) is 0 Å². The van der Waals surface area contributed by atoms with Gasteiger partial charge in [0.1, 0.15) is 0 Å². The zero-order chi connectivity index (χ0) is 12.3. The second kappa shape index (κ2) is 5.83. The van der Waals surface area contributed by atoms with Crippen LogP contribution >= 0.6 is 23.5 Å². The Morgan fingerprint density at radius 3 is 3.12 bits per heavy atom. The van der Waals surface area contributed by atoms with E-state index in [-0.39, 0.29) is 5.92 Å². The number of thioether (sulfide) groups is 2. The van der Waals surface area contributed by atoms with Gasteiger partial charge in [0, 0.05) is 28.1 Å². The van der Waals surface area contributed by atoms with Crippen LogP contribution < -0.4 is 0 Å². The quantitative estimate of drug-likeness (QED) is 0.889. The van der Waals surface area contributed by atoms with Gasteiger partial charge in [-0.2, -0.15) is 11.8 Å². The molecule has 2 unspecified atom stereocenters. The van der Waals surface area contributed by atoms with Crippen LogP contribution in [0.4, 0.5) is 0 Å². The van der Waals surface area contributed by atoms with Gasteiger partial charge in [0.15, 0.2) is 0 Å². The topological polar surface area (TPSA) is 37.3 Å². The van der Waals surface area contributed by atoms with E-state index < -0.39 is 5.97 Å². The van der Waals surface area contributed by atoms with E-state index in [0.717, 1.165) is 11.5 Å². The molecule has 1 heterocycles. The molecule has 0 aromatic heterocycles. The first-order chi connectivity index (χ1) is 8.18. The largest absolute Gasteiger partial charge is 0.481 e. The molecule has 0 aliphatic carbocycles. The number of benzene rings is 1. The number of hydrogen-bond donors (Lipinski definition) is 1. The van der Waals surface area contributed by atoms with E-state index in [1.807, 2.05) is 11.8 Å². The Hall–Kier alpha value is -0.610. The van der Waals surface area contributed by atoms with Crippen LogP contribution in [-0.4, -0.2) is 28.3 Å². The van der Waals surface area contributed by atoms with Crippen molar-refractivity contribution in [3.05, 3.63) is 29.8 Å². The lowest BCUT2D eigenvalue weighted by atomic mass is 10.0. The van der Waals surface area contributed by atoms with Gasteiger partial charge in [0.25, 0.3) is 0 Å². The average molecular weight is 268 g/mol.